The van der Waals surface area contributed by atoms with Crippen LogP contribution in [0, 0.1) is 11.3 Å². The van der Waals surface area contributed by atoms with Gasteiger partial charge in [-0.3, -0.25) is 9.69 Å². The number of benzene rings is 1. The highest BCUT2D eigenvalue weighted by Crippen LogP contribution is 2.43. The van der Waals surface area contributed by atoms with Gasteiger partial charge >= 0.3 is 6.09 Å². The van der Waals surface area contributed by atoms with Crippen molar-refractivity contribution in [2.24, 2.45) is 11.3 Å². The number of amides is 1. The van der Waals surface area contributed by atoms with Crippen molar-refractivity contribution < 1.29 is 14.3 Å². The number of fused-ring (bicyclic) bond motifs is 3. The maximum absolute atomic E-state index is 13.2. The summed E-state index contributed by atoms with van der Waals surface area (Å²) in [7, 11) is 1.74. The van der Waals surface area contributed by atoms with E-state index in [-0.39, 0.29) is 16.9 Å². The molecule has 1 unspecified atom stereocenters. The van der Waals surface area contributed by atoms with Crippen molar-refractivity contribution in [1.29, 1.82) is 0 Å². The van der Waals surface area contributed by atoms with E-state index in [0.29, 0.717) is 29.9 Å². The van der Waals surface area contributed by atoms with Crippen molar-refractivity contribution in [3.8, 4) is 0 Å². The second-order valence-corrected chi connectivity index (χ2v) is 11.5. The molecule has 0 bridgehead atoms. The molecule has 0 spiro atoms. The van der Waals surface area contributed by atoms with E-state index in [1.165, 1.54) is 0 Å². The number of pyridine rings is 1. The van der Waals surface area contributed by atoms with E-state index in [1.807, 2.05) is 45.0 Å². The van der Waals surface area contributed by atoms with Crippen LogP contribution in [0.5, 0.6) is 0 Å². The van der Waals surface area contributed by atoms with Crippen LogP contribution in [-0.4, -0.2) is 35.2 Å². The molecule has 1 aromatic carbocycles. The molecule has 1 aromatic heterocycles. The predicted octanol–water partition coefficient (Wildman–Crippen LogP) is 6.49. The summed E-state index contributed by atoms with van der Waals surface area (Å²) in [5.41, 5.74) is 1.77. The first-order chi connectivity index (χ1) is 15.8. The molecule has 0 aliphatic heterocycles. The van der Waals surface area contributed by atoms with E-state index >= 15 is 0 Å². The number of unbranched alkanes of at least 4 members (excludes halogenated alkanes) is 1. The summed E-state index contributed by atoms with van der Waals surface area (Å²) in [5.74, 6) is 0.608. The molecular formula is C28H40N2O4. The van der Waals surface area contributed by atoms with E-state index in [4.69, 9.17) is 9.47 Å². The summed E-state index contributed by atoms with van der Waals surface area (Å²) < 4.78 is 12.1. The number of aromatic nitrogens is 1. The van der Waals surface area contributed by atoms with Gasteiger partial charge in [-0.25, -0.2) is 4.79 Å². The Balaban J connectivity index is 2.26. The van der Waals surface area contributed by atoms with E-state index in [2.05, 4.69) is 32.7 Å². The molecule has 1 aliphatic rings. The number of nitrogens with one attached hydrogen (secondary N) is 1. The van der Waals surface area contributed by atoms with Crippen LogP contribution in [0.4, 0.5) is 4.79 Å². The first-order valence-corrected chi connectivity index (χ1v) is 12.3. The second-order valence-electron chi connectivity index (χ2n) is 11.5. The molecule has 1 aliphatic carbocycles. The van der Waals surface area contributed by atoms with Crippen molar-refractivity contribution in [3.05, 3.63) is 51.6 Å². The van der Waals surface area contributed by atoms with E-state index in [9.17, 15) is 9.59 Å². The molecule has 1 amide bonds. The number of ether oxygens (including phenoxy) is 2. The highest BCUT2D eigenvalue weighted by molar-refractivity contribution is 5.89. The van der Waals surface area contributed by atoms with Gasteiger partial charge in [0.15, 0.2) is 5.76 Å². The zero-order chi connectivity index (χ0) is 25.3. The summed E-state index contributed by atoms with van der Waals surface area (Å²) in [6.07, 6.45) is 2.99. The Bertz CT molecular complexity index is 1130. The van der Waals surface area contributed by atoms with Crippen LogP contribution >= 0.6 is 0 Å². The third kappa shape index (κ3) is 5.83. The zero-order valence-corrected chi connectivity index (χ0v) is 22.0. The van der Waals surface area contributed by atoms with Crippen LogP contribution in [-0.2, 0) is 15.9 Å². The van der Waals surface area contributed by atoms with E-state index < -0.39 is 11.7 Å². The lowest BCUT2D eigenvalue weighted by Gasteiger charge is -2.38. The average molecular weight is 469 g/mol. The predicted molar refractivity (Wildman–Crippen MR) is 138 cm³/mol. The van der Waals surface area contributed by atoms with Gasteiger partial charge in [-0.2, -0.15) is 0 Å². The Kier molecular flexibility index (Phi) is 7.49. The molecule has 34 heavy (non-hydrogen) atoms. The third-order valence-corrected chi connectivity index (χ3v) is 5.97. The zero-order valence-electron chi connectivity index (χ0n) is 22.0. The molecule has 0 fully saturated rings. The van der Waals surface area contributed by atoms with Gasteiger partial charge in [-0.15, -0.1) is 0 Å². The topological polar surface area (TPSA) is 71.6 Å². The number of carbonyl (C=O) groups excluding carboxylic acids is 1. The fraction of sp³-hybridized carbons (Fsp3) is 0.571. The number of allylic oxidation sites excluding steroid dienone is 1. The number of H-pyrrole nitrogens is 1. The van der Waals surface area contributed by atoms with Gasteiger partial charge in [0.25, 0.3) is 5.56 Å². The molecule has 2 aromatic rings. The smallest absolute Gasteiger partial charge is 0.414 e. The molecule has 1 atom stereocenters. The molecule has 1 N–H and O–H groups in total. The number of rotatable bonds is 6. The summed E-state index contributed by atoms with van der Waals surface area (Å²) >= 11 is 0. The standard InChI is InChI=1S/C28H40N2O4/c1-9-10-15-33-24-22-21(19-13-11-12-14-20(19)25(31)29-22)16-18(17-27(2,3)4)23(24)30(8)26(32)34-28(5,6)7/h11-14,18H,9-10,15-17H2,1-8H3,(H,29,31). The maximum Gasteiger partial charge on any atom is 0.414 e. The van der Waals surface area contributed by atoms with Crippen LogP contribution in [0.25, 0.3) is 16.5 Å². The Morgan fingerprint density at radius 1 is 1.12 bits per heavy atom. The Labute approximate surface area is 203 Å². The molecule has 0 saturated heterocycles. The minimum absolute atomic E-state index is 0.0225. The van der Waals surface area contributed by atoms with Crippen LogP contribution in [0.15, 0.2) is 34.8 Å². The lowest BCUT2D eigenvalue weighted by Crippen LogP contribution is -2.39. The van der Waals surface area contributed by atoms with Crippen LogP contribution in [0.1, 0.15) is 79.0 Å². The molecule has 3 rings (SSSR count). The quantitative estimate of drug-likeness (QED) is 0.492. The summed E-state index contributed by atoms with van der Waals surface area (Å²) in [6, 6.07) is 7.71. The minimum atomic E-state index is -0.619. The largest absolute Gasteiger partial charge is 0.490 e. The SMILES string of the molecule is CCCCOC1=C(N(C)C(=O)OC(C)(C)C)C(CC(C)(C)C)Cc2c1[nH]c(=O)c1ccccc21. The number of nitrogens with zero attached hydrogens (tertiary/aromatic N) is 1. The second kappa shape index (κ2) is 9.85. The Morgan fingerprint density at radius 2 is 1.76 bits per heavy atom. The van der Waals surface area contributed by atoms with Gasteiger partial charge < -0.3 is 14.5 Å². The van der Waals surface area contributed by atoms with Gasteiger partial charge in [0.05, 0.1) is 18.0 Å². The van der Waals surface area contributed by atoms with Crippen LogP contribution in [0.2, 0.25) is 0 Å². The summed E-state index contributed by atoms with van der Waals surface area (Å²) in [6.45, 7) is 14.8. The number of aromatic amines is 1. The molecule has 186 valence electrons. The average Bonchev–Trinajstić information content (AvgIpc) is 2.72. The molecule has 1 heterocycles. The molecular weight excluding hydrogens is 428 g/mol. The third-order valence-electron chi connectivity index (χ3n) is 5.97. The van der Waals surface area contributed by atoms with Crippen LogP contribution < -0.4 is 5.56 Å². The van der Waals surface area contributed by atoms with Gasteiger partial charge in [0, 0.05) is 18.4 Å². The lowest BCUT2D eigenvalue weighted by molar-refractivity contribution is 0.0322. The molecule has 6 heteroatoms. The fourth-order valence-electron chi connectivity index (χ4n) is 4.63. The van der Waals surface area contributed by atoms with Gasteiger partial charge in [0.1, 0.15) is 5.60 Å². The number of carbonyl (C=O) groups is 1. The first kappa shape index (κ1) is 25.9. The van der Waals surface area contributed by atoms with Gasteiger partial charge in [-0.05, 0) is 62.5 Å². The van der Waals surface area contributed by atoms with Crippen molar-refractivity contribution >= 4 is 22.6 Å². The van der Waals surface area contributed by atoms with Gasteiger partial charge in [0.2, 0.25) is 0 Å². The van der Waals surface area contributed by atoms with Crippen molar-refractivity contribution in [3.63, 3.8) is 0 Å². The lowest BCUT2D eigenvalue weighted by atomic mass is 9.76. The monoisotopic (exact) mass is 468 g/mol. The van der Waals surface area contributed by atoms with Crippen molar-refractivity contribution in [1.82, 2.24) is 9.88 Å². The molecule has 0 saturated carbocycles. The highest BCUT2D eigenvalue weighted by atomic mass is 16.6. The number of hydrogen-bond donors (Lipinski definition) is 1. The van der Waals surface area contributed by atoms with E-state index in [0.717, 1.165) is 35.9 Å². The van der Waals surface area contributed by atoms with Gasteiger partial charge in [-0.1, -0.05) is 52.3 Å². The Hall–Kier alpha value is -2.76. The normalized spacial score (nSPS) is 16.4. The molecule has 0 radical (unpaired) electrons. The number of hydrogen-bond acceptors (Lipinski definition) is 4. The van der Waals surface area contributed by atoms with Crippen molar-refractivity contribution in [2.45, 2.75) is 79.8 Å². The summed E-state index contributed by atoms with van der Waals surface area (Å²) in [4.78, 5) is 30.8. The maximum atomic E-state index is 13.2. The van der Waals surface area contributed by atoms with Crippen LogP contribution in [0.3, 0.4) is 0 Å². The Morgan fingerprint density at radius 3 is 2.35 bits per heavy atom. The molecule has 6 nitrogen and oxygen atoms in total. The summed E-state index contributed by atoms with van der Waals surface area (Å²) in [5, 5.41) is 1.61. The first-order valence-electron chi connectivity index (χ1n) is 12.3. The van der Waals surface area contributed by atoms with Crippen molar-refractivity contribution in [2.75, 3.05) is 13.7 Å². The fourth-order valence-corrected chi connectivity index (χ4v) is 4.63. The van der Waals surface area contributed by atoms with E-state index in [1.54, 1.807) is 11.9 Å². The minimum Gasteiger partial charge on any atom is -0.490 e. The highest BCUT2D eigenvalue weighted by Gasteiger charge is 2.38.